The first-order chi connectivity index (χ1) is 36.6. The Hall–Kier alpha value is -9.78. The third kappa shape index (κ3) is 5.08. The second-order valence-corrected chi connectivity index (χ2v) is 20.1. The summed E-state index contributed by atoms with van der Waals surface area (Å²) in [5, 5.41) is 14.2. The standard InChI is InChI=1S/C68H42N4O2/c1-39-17-3-7-27-51(39)69(57-33-13-23-45-41-19-5-9-35-61(41)73-67(45)57)53-29-15-31-55-63(53)47-25-11-21-43-49-38-60-50(37-59(49)71(55)65(43)47)44-22-12-26-48-64-54(30-16-32-56(64)72(60)66(44)48)70(52-28-8-4-18-40(52)2)58-34-14-24-46-42-20-6-10-36-62(42)74-68(46)58/h3-38H,1-2H3. The van der Waals surface area contributed by atoms with E-state index in [2.05, 4.69) is 239 Å². The number of aromatic nitrogens is 2. The Morgan fingerprint density at radius 3 is 1.11 bits per heavy atom. The van der Waals surface area contributed by atoms with Crippen molar-refractivity contribution in [1.82, 2.24) is 8.80 Å². The SMILES string of the molecule is Cc1ccccc1N(c1cccc2c1oc1ccccc12)c1cccc2c1c1cccc3c4cc5c(cc4n2c31)c1cccc2c3c(N(c4ccccc4C)c4cccc6c4oc4ccccc46)cccc3n5c12. The molecule has 0 N–H and O–H groups in total. The van der Waals surface area contributed by atoms with Gasteiger partial charge in [-0.25, -0.2) is 0 Å². The predicted octanol–water partition coefficient (Wildman–Crippen LogP) is 19.3. The van der Waals surface area contributed by atoms with E-state index in [1.165, 1.54) is 87.3 Å². The highest BCUT2D eigenvalue weighted by molar-refractivity contribution is 6.31. The number of hydrogen-bond donors (Lipinski definition) is 0. The van der Waals surface area contributed by atoms with E-state index in [-0.39, 0.29) is 0 Å². The van der Waals surface area contributed by atoms with Crippen molar-refractivity contribution < 1.29 is 8.83 Å². The molecular weight excluding hydrogens is 905 g/mol. The van der Waals surface area contributed by atoms with Crippen molar-refractivity contribution in [3.63, 3.8) is 0 Å². The van der Waals surface area contributed by atoms with Gasteiger partial charge < -0.3 is 27.4 Å². The number of anilines is 6. The van der Waals surface area contributed by atoms with Gasteiger partial charge in [-0.1, -0.05) is 146 Å². The Morgan fingerprint density at radius 2 is 0.635 bits per heavy atom. The van der Waals surface area contributed by atoms with E-state index in [0.717, 1.165) is 78.0 Å². The fraction of sp³-hybridized carbons (Fsp3) is 0.0294. The van der Waals surface area contributed by atoms with Crippen molar-refractivity contribution in [1.29, 1.82) is 0 Å². The summed E-state index contributed by atoms with van der Waals surface area (Å²) in [6.07, 6.45) is 0. The maximum Gasteiger partial charge on any atom is 0.159 e. The normalized spacial score (nSPS) is 12.5. The molecule has 0 saturated carbocycles. The topological polar surface area (TPSA) is 41.6 Å². The van der Waals surface area contributed by atoms with Gasteiger partial charge in [0, 0.05) is 76.0 Å². The number of aryl methyl sites for hydroxylation is 2. The van der Waals surface area contributed by atoms with Crippen LogP contribution in [0.2, 0.25) is 0 Å². The monoisotopic (exact) mass is 946 g/mol. The molecule has 6 nitrogen and oxygen atoms in total. The third-order valence-electron chi connectivity index (χ3n) is 16.2. The number of fused-ring (bicyclic) bond motifs is 18. The number of rotatable bonds is 6. The van der Waals surface area contributed by atoms with Crippen LogP contribution in [0.4, 0.5) is 34.1 Å². The molecule has 0 amide bonds. The minimum Gasteiger partial charge on any atom is -0.454 e. The lowest BCUT2D eigenvalue weighted by atomic mass is 10.0. The Morgan fingerprint density at radius 1 is 0.284 bits per heavy atom. The Bertz CT molecular complexity index is 4880. The zero-order valence-electron chi connectivity index (χ0n) is 40.4. The number of benzene rings is 11. The summed E-state index contributed by atoms with van der Waals surface area (Å²) >= 11 is 0. The van der Waals surface area contributed by atoms with E-state index >= 15 is 0 Å². The lowest BCUT2D eigenvalue weighted by Gasteiger charge is -2.28. The number of para-hydroxylation sites is 8. The zero-order chi connectivity index (χ0) is 48.5. The molecule has 0 fully saturated rings. The van der Waals surface area contributed by atoms with Crippen molar-refractivity contribution in [3.8, 4) is 0 Å². The van der Waals surface area contributed by atoms with Crippen molar-refractivity contribution in [2.45, 2.75) is 13.8 Å². The maximum absolute atomic E-state index is 6.78. The zero-order valence-corrected chi connectivity index (χ0v) is 40.4. The summed E-state index contributed by atoms with van der Waals surface area (Å²) in [4.78, 5) is 4.85. The fourth-order valence-electron chi connectivity index (χ4n) is 13.1. The molecule has 74 heavy (non-hydrogen) atoms. The molecule has 0 aliphatic heterocycles. The van der Waals surface area contributed by atoms with Crippen LogP contribution < -0.4 is 9.80 Å². The van der Waals surface area contributed by atoms with E-state index < -0.39 is 0 Å². The van der Waals surface area contributed by atoms with Crippen LogP contribution in [-0.4, -0.2) is 8.80 Å². The summed E-state index contributed by atoms with van der Waals surface area (Å²) in [7, 11) is 0. The highest BCUT2D eigenvalue weighted by Crippen LogP contribution is 2.52. The van der Waals surface area contributed by atoms with E-state index in [9.17, 15) is 0 Å². The van der Waals surface area contributed by atoms with Crippen LogP contribution in [0, 0.1) is 13.8 Å². The fourth-order valence-corrected chi connectivity index (χ4v) is 13.1. The molecule has 0 bridgehead atoms. The second kappa shape index (κ2) is 14.4. The molecule has 0 saturated heterocycles. The summed E-state index contributed by atoms with van der Waals surface area (Å²) in [6, 6.07) is 79.4. The second-order valence-electron chi connectivity index (χ2n) is 20.1. The minimum absolute atomic E-state index is 0.871. The summed E-state index contributed by atoms with van der Waals surface area (Å²) in [6.45, 7) is 4.40. The molecule has 0 radical (unpaired) electrons. The van der Waals surface area contributed by atoms with E-state index in [4.69, 9.17) is 8.83 Å². The Labute approximate surface area is 423 Å². The number of nitrogens with zero attached hydrogens (tertiary/aromatic N) is 4. The van der Waals surface area contributed by atoms with Gasteiger partial charge in [-0.3, -0.25) is 0 Å². The van der Waals surface area contributed by atoms with Crippen LogP contribution in [0.1, 0.15) is 11.1 Å². The van der Waals surface area contributed by atoms with Gasteiger partial charge in [0.25, 0.3) is 0 Å². The van der Waals surface area contributed by atoms with Crippen LogP contribution in [0.5, 0.6) is 0 Å². The van der Waals surface area contributed by atoms with Crippen molar-refractivity contribution in [2.75, 3.05) is 9.80 Å². The molecule has 11 aromatic carbocycles. The first-order valence-corrected chi connectivity index (χ1v) is 25.4. The Kier molecular flexibility index (Phi) is 7.78. The highest BCUT2D eigenvalue weighted by atomic mass is 16.3. The average Bonchev–Trinajstić information content (AvgIpc) is 4.34. The van der Waals surface area contributed by atoms with Gasteiger partial charge >= 0.3 is 0 Å². The molecular formula is C68H42N4O2. The van der Waals surface area contributed by atoms with Gasteiger partial charge in [0.2, 0.25) is 0 Å². The lowest BCUT2D eigenvalue weighted by Crippen LogP contribution is -2.12. The average molecular weight is 947 g/mol. The van der Waals surface area contributed by atoms with Crippen LogP contribution in [0.15, 0.2) is 227 Å². The largest absolute Gasteiger partial charge is 0.454 e. The van der Waals surface area contributed by atoms with E-state index in [1.807, 2.05) is 12.1 Å². The quantitative estimate of drug-likeness (QED) is 0.167. The van der Waals surface area contributed by atoms with Gasteiger partial charge in [-0.2, -0.15) is 0 Å². The van der Waals surface area contributed by atoms with Gasteiger partial charge in [-0.15, -0.1) is 0 Å². The first-order valence-electron chi connectivity index (χ1n) is 25.4. The van der Waals surface area contributed by atoms with Gasteiger partial charge in [0.15, 0.2) is 11.2 Å². The van der Waals surface area contributed by atoms with Crippen molar-refractivity contribution in [2.24, 2.45) is 0 Å². The van der Waals surface area contributed by atoms with E-state index in [0.29, 0.717) is 0 Å². The van der Waals surface area contributed by atoms with E-state index in [1.54, 1.807) is 0 Å². The Balaban J connectivity index is 0.926. The van der Waals surface area contributed by atoms with Crippen LogP contribution >= 0.6 is 0 Å². The lowest BCUT2D eigenvalue weighted by molar-refractivity contribution is 0.668. The molecule has 6 heterocycles. The number of hydrogen-bond acceptors (Lipinski definition) is 4. The number of furan rings is 2. The van der Waals surface area contributed by atoms with Gasteiger partial charge in [0.1, 0.15) is 11.2 Å². The third-order valence-corrected chi connectivity index (χ3v) is 16.2. The summed E-state index contributed by atoms with van der Waals surface area (Å²) in [5.41, 5.74) is 19.5. The van der Waals surface area contributed by atoms with Crippen LogP contribution in [0.25, 0.3) is 120 Å². The molecule has 0 aliphatic carbocycles. The minimum atomic E-state index is 0.871. The molecule has 0 atom stereocenters. The molecule has 0 unspecified atom stereocenters. The van der Waals surface area contributed by atoms with Gasteiger partial charge in [0.05, 0.1) is 55.8 Å². The molecule has 17 rings (SSSR count). The molecule has 17 aromatic rings. The van der Waals surface area contributed by atoms with Crippen LogP contribution in [-0.2, 0) is 0 Å². The first kappa shape index (κ1) is 39.9. The summed E-state index contributed by atoms with van der Waals surface area (Å²) < 4.78 is 18.6. The predicted molar refractivity (Wildman–Crippen MR) is 309 cm³/mol. The molecule has 0 spiro atoms. The van der Waals surface area contributed by atoms with Crippen molar-refractivity contribution in [3.05, 3.63) is 230 Å². The highest BCUT2D eigenvalue weighted by Gasteiger charge is 2.29. The molecule has 6 heteroatoms. The maximum atomic E-state index is 6.78. The van der Waals surface area contributed by atoms with Crippen LogP contribution in [0.3, 0.4) is 0 Å². The molecule has 0 aliphatic rings. The van der Waals surface area contributed by atoms with Gasteiger partial charge in [-0.05, 0) is 97.8 Å². The van der Waals surface area contributed by atoms with Crippen molar-refractivity contribution >= 4 is 154 Å². The molecule has 6 aromatic heterocycles. The summed E-state index contributed by atoms with van der Waals surface area (Å²) in [5.74, 6) is 0. The molecule has 346 valence electrons. The smallest absolute Gasteiger partial charge is 0.159 e.